The zero-order valence-corrected chi connectivity index (χ0v) is 19.5. The molecule has 0 unspecified atom stereocenters. The Kier molecular flexibility index (Phi) is 6.78. The number of hydrogen-bond donors (Lipinski definition) is 0. The minimum absolute atomic E-state index is 0.0527. The van der Waals surface area contributed by atoms with Crippen LogP contribution < -0.4 is 14.4 Å². The van der Waals surface area contributed by atoms with Crippen molar-refractivity contribution >= 4 is 28.3 Å². The molecule has 4 rings (SSSR count). The molecule has 0 radical (unpaired) electrons. The van der Waals surface area contributed by atoms with E-state index in [9.17, 15) is 18.4 Å². The number of rotatable bonds is 9. The van der Waals surface area contributed by atoms with E-state index < -0.39 is 6.61 Å². The van der Waals surface area contributed by atoms with Crippen LogP contribution in [0.5, 0.6) is 11.5 Å². The van der Waals surface area contributed by atoms with E-state index in [2.05, 4.69) is 14.9 Å². The van der Waals surface area contributed by atoms with Crippen LogP contribution in [0, 0.1) is 0 Å². The second-order valence-corrected chi connectivity index (χ2v) is 9.56. The summed E-state index contributed by atoms with van der Waals surface area (Å²) in [6, 6.07) is 4.72. The molecule has 1 saturated heterocycles. The van der Waals surface area contributed by atoms with E-state index in [4.69, 9.17) is 4.74 Å². The highest BCUT2D eigenvalue weighted by Crippen LogP contribution is 2.42. The van der Waals surface area contributed by atoms with Crippen molar-refractivity contribution in [3.63, 3.8) is 0 Å². The number of benzene rings is 1. The first-order valence-electron chi connectivity index (χ1n) is 10.8. The maximum absolute atomic E-state index is 12.8. The van der Waals surface area contributed by atoms with Crippen LogP contribution >= 0.6 is 11.3 Å². The van der Waals surface area contributed by atoms with Crippen LogP contribution in [-0.2, 0) is 9.59 Å². The second-order valence-electron chi connectivity index (χ2n) is 8.58. The number of ether oxygens (including phenoxy) is 2. The first kappa shape index (κ1) is 23.3. The highest BCUT2D eigenvalue weighted by Gasteiger charge is 2.34. The average Bonchev–Trinajstić information content (AvgIpc) is 3.37. The molecular formula is C22H26F2N4O4S. The summed E-state index contributed by atoms with van der Waals surface area (Å²) in [4.78, 5) is 28.3. The minimum Gasteiger partial charge on any atom is -0.487 e. The van der Waals surface area contributed by atoms with Gasteiger partial charge in [-0.05, 0) is 44.4 Å². The number of anilines is 1. The average molecular weight is 481 g/mol. The summed E-state index contributed by atoms with van der Waals surface area (Å²) in [5.41, 5.74) is 0.766. The molecule has 0 N–H and O–H groups in total. The summed E-state index contributed by atoms with van der Waals surface area (Å²) >= 11 is 1.41. The van der Waals surface area contributed by atoms with Crippen molar-refractivity contribution in [3.8, 4) is 11.5 Å². The first-order valence-corrected chi connectivity index (χ1v) is 11.7. The number of halogens is 2. The van der Waals surface area contributed by atoms with Crippen LogP contribution in [0.25, 0.3) is 0 Å². The molecular weight excluding hydrogens is 454 g/mol. The lowest BCUT2D eigenvalue weighted by Crippen LogP contribution is -2.39. The maximum Gasteiger partial charge on any atom is 0.387 e. The molecule has 33 heavy (non-hydrogen) atoms. The fourth-order valence-corrected chi connectivity index (χ4v) is 4.69. The lowest BCUT2D eigenvalue weighted by molar-refractivity contribution is -0.132. The third kappa shape index (κ3) is 5.58. The molecule has 1 atom stereocenters. The largest absolute Gasteiger partial charge is 0.487 e. The van der Waals surface area contributed by atoms with E-state index in [1.165, 1.54) is 27.2 Å². The number of carbonyl (C=O) groups excluding carboxylic acids is 2. The van der Waals surface area contributed by atoms with Gasteiger partial charge in [0.1, 0.15) is 11.6 Å². The van der Waals surface area contributed by atoms with Gasteiger partial charge in [-0.1, -0.05) is 17.4 Å². The van der Waals surface area contributed by atoms with Crippen molar-refractivity contribution in [1.29, 1.82) is 0 Å². The van der Waals surface area contributed by atoms with Crippen molar-refractivity contribution < 1.29 is 27.8 Å². The van der Waals surface area contributed by atoms with Gasteiger partial charge in [-0.25, -0.2) is 0 Å². The molecule has 1 aliphatic carbocycles. The van der Waals surface area contributed by atoms with Crippen molar-refractivity contribution in [3.05, 3.63) is 28.8 Å². The number of carbonyl (C=O) groups is 2. The van der Waals surface area contributed by atoms with Gasteiger partial charge in [-0.3, -0.25) is 14.5 Å². The van der Waals surface area contributed by atoms with E-state index in [1.54, 1.807) is 33.0 Å². The quantitative estimate of drug-likeness (QED) is 0.543. The van der Waals surface area contributed by atoms with E-state index in [-0.39, 0.29) is 48.3 Å². The SMILES string of the molecule is CC(C)Oc1cc([C@@H]2CC(=O)N(CC(=O)N(C)c3nnc(C4CC4)s3)C2)ccc1OC(F)F. The molecule has 2 fully saturated rings. The summed E-state index contributed by atoms with van der Waals surface area (Å²) in [6.07, 6.45) is 2.19. The van der Waals surface area contributed by atoms with Gasteiger partial charge in [-0.15, -0.1) is 10.2 Å². The Labute approximate surface area is 194 Å². The van der Waals surface area contributed by atoms with Crippen molar-refractivity contribution in [2.24, 2.45) is 0 Å². The molecule has 1 aromatic heterocycles. The van der Waals surface area contributed by atoms with Crippen LogP contribution in [0.3, 0.4) is 0 Å². The molecule has 178 valence electrons. The third-order valence-electron chi connectivity index (χ3n) is 5.58. The standard InChI is InChI=1S/C22H26F2N4O4S/c1-12(2)31-17-8-14(6-7-16(17)32-21(23)24)15-9-18(29)28(10-15)11-19(30)27(3)22-26-25-20(33-22)13-4-5-13/h6-8,12-13,15,21H,4-5,9-11H2,1-3H3/t15-/m1/s1. The van der Waals surface area contributed by atoms with Gasteiger partial charge < -0.3 is 14.4 Å². The smallest absolute Gasteiger partial charge is 0.387 e. The predicted molar refractivity (Wildman–Crippen MR) is 118 cm³/mol. The summed E-state index contributed by atoms with van der Waals surface area (Å²) in [5, 5.41) is 9.73. The number of likely N-dealkylation sites (tertiary alicyclic amines) is 1. The Bertz CT molecular complexity index is 1030. The lowest BCUT2D eigenvalue weighted by atomic mass is 9.98. The lowest BCUT2D eigenvalue weighted by Gasteiger charge is -2.20. The second kappa shape index (κ2) is 9.58. The van der Waals surface area contributed by atoms with Crippen LogP contribution in [0.15, 0.2) is 18.2 Å². The molecule has 2 amide bonds. The highest BCUT2D eigenvalue weighted by molar-refractivity contribution is 7.15. The number of likely N-dealkylation sites (N-methyl/N-ethyl adjacent to an activating group) is 1. The molecule has 2 aliphatic rings. The third-order valence-corrected chi connectivity index (χ3v) is 6.74. The fraction of sp³-hybridized carbons (Fsp3) is 0.545. The Morgan fingerprint density at radius 3 is 2.64 bits per heavy atom. The summed E-state index contributed by atoms with van der Waals surface area (Å²) in [7, 11) is 1.63. The van der Waals surface area contributed by atoms with Crippen LogP contribution in [0.4, 0.5) is 13.9 Å². The number of hydrogen-bond acceptors (Lipinski definition) is 7. The molecule has 1 aromatic carbocycles. The van der Waals surface area contributed by atoms with Gasteiger partial charge in [0.2, 0.25) is 16.9 Å². The van der Waals surface area contributed by atoms with Gasteiger partial charge >= 0.3 is 6.61 Å². The summed E-state index contributed by atoms with van der Waals surface area (Å²) < 4.78 is 35.6. The van der Waals surface area contributed by atoms with Crippen molar-refractivity contribution in [2.75, 3.05) is 25.0 Å². The van der Waals surface area contributed by atoms with E-state index >= 15 is 0 Å². The van der Waals surface area contributed by atoms with Gasteiger partial charge in [0.15, 0.2) is 11.5 Å². The van der Waals surface area contributed by atoms with Gasteiger partial charge in [0.05, 0.1) is 6.10 Å². The predicted octanol–water partition coefficient (Wildman–Crippen LogP) is 3.78. The fourth-order valence-electron chi connectivity index (χ4n) is 3.70. The molecule has 1 saturated carbocycles. The van der Waals surface area contributed by atoms with Crippen molar-refractivity contribution in [1.82, 2.24) is 15.1 Å². The molecule has 8 nitrogen and oxygen atoms in total. The molecule has 0 spiro atoms. The monoisotopic (exact) mass is 480 g/mol. The van der Waals surface area contributed by atoms with Gasteiger partial charge in [0, 0.05) is 31.8 Å². The Morgan fingerprint density at radius 2 is 1.97 bits per heavy atom. The molecule has 0 bridgehead atoms. The topological polar surface area (TPSA) is 84.9 Å². The molecule has 2 heterocycles. The van der Waals surface area contributed by atoms with Crippen LogP contribution in [0.1, 0.15) is 55.5 Å². The molecule has 2 aromatic rings. The Morgan fingerprint density at radius 1 is 1.21 bits per heavy atom. The van der Waals surface area contributed by atoms with E-state index in [0.29, 0.717) is 17.6 Å². The first-order chi connectivity index (χ1) is 15.7. The van der Waals surface area contributed by atoms with E-state index in [0.717, 1.165) is 23.4 Å². The van der Waals surface area contributed by atoms with Crippen molar-refractivity contribution in [2.45, 2.75) is 57.7 Å². The normalized spacial score (nSPS) is 18.3. The summed E-state index contributed by atoms with van der Waals surface area (Å²) in [6.45, 7) is 0.885. The zero-order valence-electron chi connectivity index (χ0n) is 18.7. The summed E-state index contributed by atoms with van der Waals surface area (Å²) in [5.74, 6) is 0.0377. The van der Waals surface area contributed by atoms with Gasteiger partial charge in [-0.2, -0.15) is 8.78 Å². The minimum atomic E-state index is -2.97. The number of alkyl halides is 2. The molecule has 1 aliphatic heterocycles. The maximum atomic E-state index is 12.8. The number of nitrogens with zero attached hydrogens (tertiary/aromatic N) is 4. The van der Waals surface area contributed by atoms with Crippen LogP contribution in [0.2, 0.25) is 0 Å². The molecule has 11 heteroatoms. The van der Waals surface area contributed by atoms with E-state index in [1.807, 2.05) is 0 Å². The highest BCUT2D eigenvalue weighted by atomic mass is 32.1. The Hall–Kier alpha value is -2.82. The Balaban J connectivity index is 1.42. The number of aromatic nitrogens is 2. The number of amides is 2. The van der Waals surface area contributed by atoms with Gasteiger partial charge in [0.25, 0.3) is 0 Å². The zero-order chi connectivity index (χ0) is 23.7. The van der Waals surface area contributed by atoms with Crippen LogP contribution in [-0.4, -0.2) is 59.8 Å².